The summed E-state index contributed by atoms with van der Waals surface area (Å²) in [6.07, 6.45) is 3.93. The number of nitrogens with one attached hydrogen (secondary N) is 1. The number of hydrogen-bond donors (Lipinski definition) is 1. The van der Waals surface area contributed by atoms with Crippen LogP contribution < -0.4 is 5.32 Å². The molecule has 1 saturated heterocycles. The molecule has 19 heavy (non-hydrogen) atoms. The average molecular weight is 261 g/mol. The van der Waals surface area contributed by atoms with Crippen LogP contribution in [-0.2, 0) is 4.74 Å². The summed E-state index contributed by atoms with van der Waals surface area (Å²) in [5.74, 6) is 0.685. The molecule has 1 fully saturated rings. The number of hydrogen-bond acceptors (Lipinski definition) is 2. The molecule has 1 aliphatic rings. The van der Waals surface area contributed by atoms with E-state index in [0.717, 1.165) is 26.0 Å². The molecule has 1 aliphatic heterocycles. The van der Waals surface area contributed by atoms with Gasteiger partial charge in [0.1, 0.15) is 0 Å². The summed E-state index contributed by atoms with van der Waals surface area (Å²) in [7, 11) is 0. The van der Waals surface area contributed by atoms with Crippen LogP contribution in [0.1, 0.15) is 50.3 Å². The average Bonchev–Trinajstić information content (AvgIpc) is 2.89. The molecule has 0 saturated carbocycles. The lowest BCUT2D eigenvalue weighted by Crippen LogP contribution is -2.31. The fraction of sp³-hybridized carbons (Fsp3) is 0.647. The van der Waals surface area contributed by atoms with Crippen LogP contribution in [0, 0.1) is 12.8 Å². The van der Waals surface area contributed by atoms with Crippen molar-refractivity contribution in [1.82, 2.24) is 5.32 Å². The van der Waals surface area contributed by atoms with Crippen LogP contribution in [0.15, 0.2) is 24.3 Å². The minimum absolute atomic E-state index is 0.461. The quantitative estimate of drug-likeness (QED) is 0.840. The second-order valence-corrected chi connectivity index (χ2v) is 5.65. The Labute approximate surface area is 117 Å². The molecule has 106 valence electrons. The highest BCUT2D eigenvalue weighted by atomic mass is 16.5. The second-order valence-electron chi connectivity index (χ2n) is 5.65. The summed E-state index contributed by atoms with van der Waals surface area (Å²) in [5, 5.41) is 3.73. The third-order valence-corrected chi connectivity index (χ3v) is 4.26. The maximum atomic E-state index is 5.76. The highest BCUT2D eigenvalue weighted by Crippen LogP contribution is 2.24. The van der Waals surface area contributed by atoms with E-state index in [1.54, 1.807) is 0 Å². The van der Waals surface area contributed by atoms with Crippen LogP contribution in [0.2, 0.25) is 0 Å². The van der Waals surface area contributed by atoms with Gasteiger partial charge in [-0.1, -0.05) is 43.7 Å². The summed E-state index contributed by atoms with van der Waals surface area (Å²) in [4.78, 5) is 0. The first-order chi connectivity index (χ1) is 9.24. The lowest BCUT2D eigenvalue weighted by Gasteiger charge is -2.22. The Bertz CT molecular complexity index is 373. The van der Waals surface area contributed by atoms with E-state index in [0.29, 0.717) is 18.1 Å². The van der Waals surface area contributed by atoms with Gasteiger partial charge in [-0.05, 0) is 37.7 Å². The van der Waals surface area contributed by atoms with E-state index in [-0.39, 0.29) is 0 Å². The van der Waals surface area contributed by atoms with Crippen LogP contribution in [0.3, 0.4) is 0 Å². The summed E-state index contributed by atoms with van der Waals surface area (Å²) < 4.78 is 5.76. The molecular formula is C17H27NO. The first-order valence-electron chi connectivity index (χ1n) is 7.66. The summed E-state index contributed by atoms with van der Waals surface area (Å²) in [6, 6.07) is 9.37. The number of rotatable bonds is 6. The Morgan fingerprint density at radius 2 is 2.00 bits per heavy atom. The van der Waals surface area contributed by atoms with Crippen LogP contribution >= 0.6 is 0 Å². The SMILES string of the molecule is CCC(NCC1CCOC1CC)c1ccc(C)cc1. The zero-order chi connectivity index (χ0) is 13.7. The summed E-state index contributed by atoms with van der Waals surface area (Å²) >= 11 is 0. The van der Waals surface area contributed by atoms with Crippen molar-refractivity contribution in [2.45, 2.75) is 52.2 Å². The van der Waals surface area contributed by atoms with E-state index in [1.165, 1.54) is 17.5 Å². The zero-order valence-corrected chi connectivity index (χ0v) is 12.5. The van der Waals surface area contributed by atoms with Crippen molar-refractivity contribution >= 4 is 0 Å². The molecule has 2 rings (SSSR count). The van der Waals surface area contributed by atoms with Gasteiger partial charge in [-0.3, -0.25) is 0 Å². The minimum Gasteiger partial charge on any atom is -0.378 e. The van der Waals surface area contributed by atoms with Crippen LogP contribution in [0.4, 0.5) is 0 Å². The van der Waals surface area contributed by atoms with Gasteiger partial charge >= 0.3 is 0 Å². The molecule has 0 spiro atoms. The van der Waals surface area contributed by atoms with Gasteiger partial charge in [0.25, 0.3) is 0 Å². The Balaban J connectivity index is 1.90. The molecule has 2 heteroatoms. The first kappa shape index (κ1) is 14.5. The fourth-order valence-electron chi connectivity index (χ4n) is 2.97. The molecule has 0 amide bonds. The van der Waals surface area contributed by atoms with E-state index in [9.17, 15) is 0 Å². The smallest absolute Gasteiger partial charge is 0.0613 e. The Morgan fingerprint density at radius 3 is 2.63 bits per heavy atom. The van der Waals surface area contributed by atoms with E-state index in [1.807, 2.05) is 0 Å². The maximum absolute atomic E-state index is 5.76. The van der Waals surface area contributed by atoms with Crippen molar-refractivity contribution in [3.05, 3.63) is 35.4 Å². The predicted octanol–water partition coefficient (Wildman–Crippen LogP) is 3.85. The van der Waals surface area contributed by atoms with E-state index < -0.39 is 0 Å². The van der Waals surface area contributed by atoms with Crippen molar-refractivity contribution in [1.29, 1.82) is 0 Å². The number of aryl methyl sites for hydroxylation is 1. The Morgan fingerprint density at radius 1 is 1.26 bits per heavy atom. The van der Waals surface area contributed by atoms with Crippen LogP contribution in [-0.4, -0.2) is 19.3 Å². The Kier molecular flexibility index (Phi) is 5.41. The number of benzene rings is 1. The van der Waals surface area contributed by atoms with Gasteiger partial charge in [-0.15, -0.1) is 0 Å². The van der Waals surface area contributed by atoms with E-state index >= 15 is 0 Å². The molecule has 1 heterocycles. The standard InChI is InChI=1S/C17H27NO/c1-4-16(14-8-6-13(3)7-9-14)18-12-15-10-11-19-17(15)5-2/h6-9,15-18H,4-5,10-12H2,1-3H3. The van der Waals surface area contributed by atoms with Gasteiger partial charge in [0.05, 0.1) is 6.10 Å². The predicted molar refractivity (Wildman–Crippen MR) is 80.4 cm³/mol. The van der Waals surface area contributed by atoms with Gasteiger partial charge in [-0.2, -0.15) is 0 Å². The topological polar surface area (TPSA) is 21.3 Å². The molecule has 0 aromatic heterocycles. The maximum Gasteiger partial charge on any atom is 0.0613 e. The molecule has 0 radical (unpaired) electrons. The van der Waals surface area contributed by atoms with Gasteiger partial charge in [0, 0.05) is 19.2 Å². The highest BCUT2D eigenvalue weighted by Gasteiger charge is 2.26. The molecule has 1 aromatic rings. The third kappa shape index (κ3) is 3.80. The summed E-state index contributed by atoms with van der Waals surface area (Å²) in [5.41, 5.74) is 2.73. The van der Waals surface area contributed by atoms with Gasteiger partial charge < -0.3 is 10.1 Å². The minimum atomic E-state index is 0.461. The van der Waals surface area contributed by atoms with Crippen molar-refractivity contribution in [3.63, 3.8) is 0 Å². The van der Waals surface area contributed by atoms with Crippen molar-refractivity contribution in [3.8, 4) is 0 Å². The Hall–Kier alpha value is -0.860. The lowest BCUT2D eigenvalue weighted by atomic mass is 9.97. The monoisotopic (exact) mass is 261 g/mol. The largest absolute Gasteiger partial charge is 0.378 e. The first-order valence-corrected chi connectivity index (χ1v) is 7.66. The van der Waals surface area contributed by atoms with Gasteiger partial charge in [-0.25, -0.2) is 0 Å². The second kappa shape index (κ2) is 7.06. The van der Waals surface area contributed by atoms with Gasteiger partial charge in [0.15, 0.2) is 0 Å². The molecule has 0 aliphatic carbocycles. The molecule has 2 nitrogen and oxygen atoms in total. The van der Waals surface area contributed by atoms with E-state index in [4.69, 9.17) is 4.74 Å². The molecule has 3 atom stereocenters. The van der Waals surface area contributed by atoms with E-state index in [2.05, 4.69) is 50.4 Å². The summed E-state index contributed by atoms with van der Waals surface area (Å²) in [6.45, 7) is 8.62. The molecule has 1 N–H and O–H groups in total. The molecule has 3 unspecified atom stereocenters. The third-order valence-electron chi connectivity index (χ3n) is 4.26. The lowest BCUT2D eigenvalue weighted by molar-refractivity contribution is 0.0865. The van der Waals surface area contributed by atoms with Gasteiger partial charge in [0.2, 0.25) is 0 Å². The van der Waals surface area contributed by atoms with Crippen molar-refractivity contribution in [2.75, 3.05) is 13.2 Å². The van der Waals surface area contributed by atoms with Crippen molar-refractivity contribution < 1.29 is 4.74 Å². The molecular weight excluding hydrogens is 234 g/mol. The zero-order valence-electron chi connectivity index (χ0n) is 12.5. The molecule has 1 aromatic carbocycles. The number of ether oxygens (including phenoxy) is 1. The van der Waals surface area contributed by atoms with Crippen molar-refractivity contribution in [2.24, 2.45) is 5.92 Å². The normalized spacial score (nSPS) is 24.6. The fourth-order valence-corrected chi connectivity index (χ4v) is 2.97. The van der Waals surface area contributed by atoms with Crippen LogP contribution in [0.5, 0.6) is 0 Å². The highest BCUT2D eigenvalue weighted by molar-refractivity contribution is 5.24. The molecule has 0 bridgehead atoms. The van der Waals surface area contributed by atoms with Crippen LogP contribution in [0.25, 0.3) is 0 Å².